The lowest BCUT2D eigenvalue weighted by molar-refractivity contribution is -0.135. The van der Waals surface area contributed by atoms with Crippen molar-refractivity contribution in [2.75, 3.05) is 19.8 Å². The van der Waals surface area contributed by atoms with Crippen molar-refractivity contribution in [3.63, 3.8) is 0 Å². The molecule has 4 N–H and O–H groups in total. The summed E-state index contributed by atoms with van der Waals surface area (Å²) in [6.45, 7) is 2.96. The third-order valence-electron chi connectivity index (χ3n) is 6.87. The van der Waals surface area contributed by atoms with Crippen LogP contribution in [0.3, 0.4) is 0 Å². The van der Waals surface area contributed by atoms with Gasteiger partial charge in [-0.15, -0.1) is 0 Å². The maximum absolute atomic E-state index is 13.0. The van der Waals surface area contributed by atoms with E-state index in [1.807, 2.05) is 32.0 Å². The summed E-state index contributed by atoms with van der Waals surface area (Å²) in [6.07, 6.45) is 4.79. The fourth-order valence-electron chi connectivity index (χ4n) is 4.84. The van der Waals surface area contributed by atoms with Gasteiger partial charge in [-0.3, -0.25) is 14.4 Å². The molecule has 3 unspecified atom stereocenters. The van der Waals surface area contributed by atoms with E-state index in [-0.39, 0.29) is 30.1 Å². The van der Waals surface area contributed by atoms with Crippen LogP contribution in [0.1, 0.15) is 51.5 Å². The minimum absolute atomic E-state index is 0.106. The largest absolute Gasteiger partial charge is 0.394 e. The van der Waals surface area contributed by atoms with Crippen LogP contribution < -0.4 is 10.6 Å². The van der Waals surface area contributed by atoms with Crippen molar-refractivity contribution in [2.24, 2.45) is 17.8 Å². The van der Waals surface area contributed by atoms with Gasteiger partial charge in [-0.2, -0.15) is 0 Å². The number of hydrogen-bond donors (Lipinski definition) is 4. The third kappa shape index (κ3) is 6.87. The maximum atomic E-state index is 13.0. The molecule has 8 heteroatoms. The molecule has 1 saturated carbocycles. The van der Waals surface area contributed by atoms with E-state index in [0.717, 1.165) is 32.1 Å². The number of benzene rings is 1. The molecule has 0 radical (unpaired) electrons. The third-order valence-corrected chi connectivity index (χ3v) is 6.87. The van der Waals surface area contributed by atoms with Gasteiger partial charge < -0.3 is 25.6 Å². The number of ether oxygens (including phenoxy) is 1. The zero-order valence-electron chi connectivity index (χ0n) is 20.2. The molecule has 0 spiro atoms. The summed E-state index contributed by atoms with van der Waals surface area (Å²) >= 11 is 0. The highest BCUT2D eigenvalue weighted by atomic mass is 16.6. The van der Waals surface area contributed by atoms with Gasteiger partial charge in [0.1, 0.15) is 6.04 Å². The molecule has 34 heavy (non-hydrogen) atoms. The lowest BCUT2D eigenvalue weighted by Crippen LogP contribution is -2.56. The van der Waals surface area contributed by atoms with Crippen LogP contribution in [0.4, 0.5) is 0 Å². The van der Waals surface area contributed by atoms with E-state index in [2.05, 4.69) is 22.8 Å². The van der Waals surface area contributed by atoms with Gasteiger partial charge in [-0.1, -0.05) is 57.0 Å². The first-order chi connectivity index (χ1) is 16.3. The number of carbonyl (C=O) groups is 3. The van der Waals surface area contributed by atoms with Crippen LogP contribution in [-0.4, -0.2) is 65.3 Å². The minimum Gasteiger partial charge on any atom is -0.394 e. The first-order valence-corrected chi connectivity index (χ1v) is 12.3. The van der Waals surface area contributed by atoms with Crippen LogP contribution in [-0.2, 0) is 25.5 Å². The van der Waals surface area contributed by atoms with Gasteiger partial charge in [0.2, 0.25) is 11.8 Å². The molecule has 1 aliphatic carbocycles. The average Bonchev–Trinajstić information content (AvgIpc) is 3.63. The molecule has 188 valence electrons. The Morgan fingerprint density at radius 1 is 1.09 bits per heavy atom. The number of ketones is 1. The molecule has 3 rings (SSSR count). The Hall–Kier alpha value is -2.29. The fraction of sp³-hybridized carbons (Fsp3) is 0.654. The van der Waals surface area contributed by atoms with Gasteiger partial charge in [0.15, 0.2) is 11.4 Å². The topological polar surface area (TPSA) is 128 Å². The van der Waals surface area contributed by atoms with Gasteiger partial charge in [0, 0.05) is 5.92 Å². The zero-order chi connectivity index (χ0) is 24.7. The molecule has 1 aromatic carbocycles. The average molecular weight is 475 g/mol. The molecule has 2 aliphatic rings. The fourth-order valence-corrected chi connectivity index (χ4v) is 4.84. The predicted molar refractivity (Wildman–Crippen MR) is 127 cm³/mol. The first kappa shape index (κ1) is 26.3. The van der Waals surface area contributed by atoms with Crippen molar-refractivity contribution in [3.05, 3.63) is 35.9 Å². The number of aliphatic hydroxyl groups is 2. The number of Topliss-reactive ketones (excluding diaryl/α,β-unsaturated/α-hetero) is 1. The Labute approximate surface area is 201 Å². The lowest BCUT2D eigenvalue weighted by atomic mass is 9.78. The SMILES string of the molecule is CC(C)CC(NC(=O)[C@H](CO)NC(=O)C1CCCC(Cc2ccccc2)C1)C(=O)[C@@]1(CO)CO1. The van der Waals surface area contributed by atoms with Crippen LogP contribution >= 0.6 is 0 Å². The molecule has 2 amide bonds. The van der Waals surface area contributed by atoms with E-state index in [1.165, 1.54) is 5.56 Å². The number of rotatable bonds is 12. The second kappa shape index (κ2) is 11.9. The Morgan fingerprint density at radius 3 is 2.38 bits per heavy atom. The molecular formula is C26H38N2O6. The number of hydrogen-bond acceptors (Lipinski definition) is 6. The van der Waals surface area contributed by atoms with Crippen molar-refractivity contribution in [1.82, 2.24) is 10.6 Å². The van der Waals surface area contributed by atoms with Gasteiger partial charge in [0.05, 0.1) is 25.9 Å². The van der Waals surface area contributed by atoms with Crippen LogP contribution in [0.2, 0.25) is 0 Å². The van der Waals surface area contributed by atoms with Crippen molar-refractivity contribution >= 4 is 17.6 Å². The van der Waals surface area contributed by atoms with Crippen LogP contribution in [0, 0.1) is 17.8 Å². The smallest absolute Gasteiger partial charge is 0.245 e. The summed E-state index contributed by atoms with van der Waals surface area (Å²) in [5.74, 6) is -0.938. The Kier molecular flexibility index (Phi) is 9.22. The molecule has 1 aliphatic heterocycles. The molecule has 0 bridgehead atoms. The highest BCUT2D eigenvalue weighted by molar-refractivity contribution is 5.98. The van der Waals surface area contributed by atoms with Gasteiger partial charge in [-0.25, -0.2) is 0 Å². The molecule has 8 nitrogen and oxygen atoms in total. The van der Waals surface area contributed by atoms with Crippen molar-refractivity contribution < 1.29 is 29.3 Å². The second-order valence-corrected chi connectivity index (χ2v) is 10.2. The van der Waals surface area contributed by atoms with Crippen molar-refractivity contribution in [3.8, 4) is 0 Å². The molecule has 0 aromatic heterocycles. The summed E-state index contributed by atoms with van der Waals surface area (Å²) < 4.78 is 5.16. The van der Waals surface area contributed by atoms with E-state index in [4.69, 9.17) is 4.74 Å². The van der Waals surface area contributed by atoms with E-state index < -0.39 is 36.8 Å². The molecular weight excluding hydrogens is 436 g/mol. The highest BCUT2D eigenvalue weighted by Gasteiger charge is 2.54. The zero-order valence-corrected chi connectivity index (χ0v) is 20.2. The maximum Gasteiger partial charge on any atom is 0.245 e. The molecule has 2 fully saturated rings. The van der Waals surface area contributed by atoms with E-state index in [0.29, 0.717) is 12.3 Å². The summed E-state index contributed by atoms with van der Waals surface area (Å²) in [5, 5.41) is 24.7. The second-order valence-electron chi connectivity index (χ2n) is 10.2. The summed E-state index contributed by atoms with van der Waals surface area (Å²) in [4.78, 5) is 38.7. The quantitative estimate of drug-likeness (QED) is 0.339. The molecule has 1 saturated heterocycles. The summed E-state index contributed by atoms with van der Waals surface area (Å²) in [6, 6.07) is 8.20. The summed E-state index contributed by atoms with van der Waals surface area (Å²) in [7, 11) is 0. The van der Waals surface area contributed by atoms with Crippen LogP contribution in [0.25, 0.3) is 0 Å². The lowest BCUT2D eigenvalue weighted by Gasteiger charge is -2.30. The molecule has 1 aromatic rings. The van der Waals surface area contributed by atoms with Crippen molar-refractivity contribution in [2.45, 2.75) is 70.1 Å². The minimum atomic E-state index is -1.25. The first-order valence-electron chi connectivity index (χ1n) is 12.3. The molecule has 1 heterocycles. The van der Waals surface area contributed by atoms with Crippen LogP contribution in [0.5, 0.6) is 0 Å². The van der Waals surface area contributed by atoms with Crippen LogP contribution in [0.15, 0.2) is 30.3 Å². The Bertz CT molecular complexity index is 839. The number of amides is 2. The molecule has 5 atom stereocenters. The standard InChI is InChI=1S/C26H38N2O6/c1-17(2)11-21(23(31)26(15-30)16-34-26)27-25(33)22(14-29)28-24(32)20-10-6-9-19(13-20)12-18-7-4-3-5-8-18/h3-5,7-8,17,19-22,29-30H,6,9-16H2,1-2H3,(H,27,33)(H,28,32)/t19?,20?,21?,22-,26+/m0/s1. The number of carbonyl (C=O) groups excluding carboxylic acids is 3. The van der Waals surface area contributed by atoms with E-state index >= 15 is 0 Å². The van der Waals surface area contributed by atoms with Gasteiger partial charge in [0.25, 0.3) is 0 Å². The van der Waals surface area contributed by atoms with Gasteiger partial charge >= 0.3 is 0 Å². The Balaban J connectivity index is 1.57. The normalized spacial score (nSPS) is 25.9. The Morgan fingerprint density at radius 2 is 1.79 bits per heavy atom. The van der Waals surface area contributed by atoms with E-state index in [1.54, 1.807) is 0 Å². The van der Waals surface area contributed by atoms with Crippen molar-refractivity contribution in [1.29, 1.82) is 0 Å². The predicted octanol–water partition coefficient (Wildman–Crippen LogP) is 1.37. The van der Waals surface area contributed by atoms with E-state index in [9.17, 15) is 24.6 Å². The number of nitrogens with one attached hydrogen (secondary N) is 2. The monoisotopic (exact) mass is 474 g/mol. The number of epoxide rings is 1. The number of aliphatic hydroxyl groups excluding tert-OH is 2. The summed E-state index contributed by atoms with van der Waals surface area (Å²) in [5.41, 5.74) is 0.00281. The highest BCUT2D eigenvalue weighted by Crippen LogP contribution is 2.32. The van der Waals surface area contributed by atoms with Gasteiger partial charge in [-0.05, 0) is 43.1 Å².